The number of para-hydroxylation sites is 1. The van der Waals surface area contributed by atoms with Gasteiger partial charge >= 0.3 is 16.2 Å². The fourth-order valence-electron chi connectivity index (χ4n) is 2.13. The van der Waals surface area contributed by atoms with Gasteiger partial charge in [-0.1, -0.05) is 6.07 Å². The van der Waals surface area contributed by atoms with Crippen molar-refractivity contribution in [1.82, 2.24) is 4.31 Å². The highest BCUT2D eigenvalue weighted by atomic mass is 79.9. The van der Waals surface area contributed by atoms with E-state index in [0.717, 1.165) is 10.4 Å². The monoisotopic (exact) mass is 380 g/mol. The van der Waals surface area contributed by atoms with Crippen LogP contribution >= 0.6 is 15.9 Å². The molecule has 6 nitrogen and oxygen atoms in total. The van der Waals surface area contributed by atoms with Gasteiger partial charge in [0.05, 0.1) is 11.6 Å². The first-order valence-corrected chi connectivity index (χ1v) is 8.49. The lowest BCUT2D eigenvalue weighted by molar-refractivity contribution is -0.142. The minimum atomic E-state index is -3.91. The average Bonchev–Trinajstić information content (AvgIpc) is 2.43. The third-order valence-corrected chi connectivity index (χ3v) is 5.50. The van der Waals surface area contributed by atoms with E-state index in [4.69, 9.17) is 5.11 Å². The molecule has 1 aromatic carbocycles. The molecule has 9 heteroatoms. The summed E-state index contributed by atoms with van der Waals surface area (Å²) in [6.07, 6.45) is 0.489. The van der Waals surface area contributed by atoms with Crippen LogP contribution in [-0.4, -0.2) is 36.9 Å². The molecule has 1 saturated heterocycles. The molecule has 0 aromatic heterocycles. The summed E-state index contributed by atoms with van der Waals surface area (Å²) in [7, 11) is -3.91. The molecular weight excluding hydrogens is 367 g/mol. The Hall–Kier alpha value is -1.19. The van der Waals surface area contributed by atoms with Gasteiger partial charge in [0.1, 0.15) is 5.82 Å². The van der Waals surface area contributed by atoms with Crippen LogP contribution in [0.5, 0.6) is 0 Å². The summed E-state index contributed by atoms with van der Waals surface area (Å²) < 4.78 is 41.7. The van der Waals surface area contributed by atoms with Crippen LogP contribution in [0.4, 0.5) is 10.1 Å². The number of piperidine rings is 1. The van der Waals surface area contributed by atoms with Crippen LogP contribution in [0.2, 0.25) is 0 Å². The quantitative estimate of drug-likeness (QED) is 0.836. The Morgan fingerprint density at radius 3 is 2.52 bits per heavy atom. The van der Waals surface area contributed by atoms with Crippen LogP contribution in [0, 0.1) is 11.7 Å². The van der Waals surface area contributed by atoms with Crippen molar-refractivity contribution >= 4 is 37.8 Å². The van der Waals surface area contributed by atoms with Gasteiger partial charge in [0.2, 0.25) is 0 Å². The lowest BCUT2D eigenvalue weighted by Crippen LogP contribution is -2.43. The van der Waals surface area contributed by atoms with Crippen molar-refractivity contribution in [3.05, 3.63) is 28.5 Å². The number of nitrogens with one attached hydrogen (secondary N) is 1. The predicted octanol–water partition coefficient (Wildman–Crippen LogP) is 2.04. The highest BCUT2D eigenvalue weighted by Crippen LogP contribution is 2.28. The van der Waals surface area contributed by atoms with Gasteiger partial charge in [-0.25, -0.2) is 4.39 Å². The van der Waals surface area contributed by atoms with E-state index in [1.54, 1.807) is 0 Å². The Morgan fingerprint density at radius 2 is 2.00 bits per heavy atom. The standard InChI is InChI=1S/C12H14BrFN2O4S/c13-9-2-1-3-10(14)11(9)15-21(19,20)16-6-4-8(5-7-16)12(17)18/h1-3,8,15H,4-7H2,(H,17,18). The van der Waals surface area contributed by atoms with Crippen molar-refractivity contribution in [3.8, 4) is 0 Å². The zero-order valence-electron chi connectivity index (χ0n) is 10.9. The number of benzene rings is 1. The number of hydrogen-bond acceptors (Lipinski definition) is 3. The molecule has 0 aliphatic carbocycles. The Kier molecular flexibility index (Phi) is 4.84. The van der Waals surface area contributed by atoms with E-state index in [-0.39, 0.29) is 31.6 Å². The molecule has 1 aromatic rings. The van der Waals surface area contributed by atoms with E-state index >= 15 is 0 Å². The maximum Gasteiger partial charge on any atom is 0.306 e. The topological polar surface area (TPSA) is 86.7 Å². The van der Waals surface area contributed by atoms with Gasteiger partial charge in [-0.3, -0.25) is 9.52 Å². The summed E-state index contributed by atoms with van der Waals surface area (Å²) >= 11 is 3.09. The van der Waals surface area contributed by atoms with Crippen molar-refractivity contribution < 1.29 is 22.7 Å². The van der Waals surface area contributed by atoms with Gasteiger partial charge in [-0.15, -0.1) is 0 Å². The molecule has 0 unspecified atom stereocenters. The normalized spacial score (nSPS) is 17.6. The van der Waals surface area contributed by atoms with Gasteiger partial charge in [0, 0.05) is 17.6 Å². The minimum Gasteiger partial charge on any atom is -0.481 e. The second-order valence-corrected chi connectivity index (χ2v) is 7.24. The van der Waals surface area contributed by atoms with Crippen LogP contribution in [0.1, 0.15) is 12.8 Å². The Morgan fingerprint density at radius 1 is 1.38 bits per heavy atom. The number of nitrogens with zero attached hydrogens (tertiary/aromatic N) is 1. The second kappa shape index (κ2) is 6.29. The summed E-state index contributed by atoms with van der Waals surface area (Å²) in [5, 5.41) is 8.90. The number of carboxylic acid groups (broad SMARTS) is 1. The molecular formula is C12H14BrFN2O4S. The molecule has 0 radical (unpaired) electrons. The smallest absolute Gasteiger partial charge is 0.306 e. The van der Waals surface area contributed by atoms with E-state index in [1.807, 2.05) is 0 Å². The first-order chi connectivity index (χ1) is 9.81. The van der Waals surface area contributed by atoms with E-state index in [2.05, 4.69) is 20.7 Å². The van der Waals surface area contributed by atoms with Gasteiger partial charge in [0.25, 0.3) is 0 Å². The highest BCUT2D eigenvalue weighted by molar-refractivity contribution is 9.10. The molecule has 0 atom stereocenters. The lowest BCUT2D eigenvalue weighted by Gasteiger charge is -2.29. The summed E-state index contributed by atoms with van der Waals surface area (Å²) in [6, 6.07) is 4.13. The molecule has 0 spiro atoms. The summed E-state index contributed by atoms with van der Waals surface area (Å²) in [5.74, 6) is -2.14. The number of halogens is 2. The number of rotatable bonds is 4. The molecule has 0 bridgehead atoms. The zero-order valence-corrected chi connectivity index (χ0v) is 13.3. The first-order valence-electron chi connectivity index (χ1n) is 6.26. The van der Waals surface area contributed by atoms with Crippen LogP contribution < -0.4 is 4.72 Å². The fourth-order valence-corrected chi connectivity index (χ4v) is 3.99. The lowest BCUT2D eigenvalue weighted by atomic mass is 9.99. The molecule has 1 fully saturated rings. The summed E-state index contributed by atoms with van der Waals surface area (Å²) in [6.45, 7) is 0.191. The zero-order chi connectivity index (χ0) is 15.6. The summed E-state index contributed by atoms with van der Waals surface area (Å²) in [5.41, 5.74) is -0.155. The Balaban J connectivity index is 2.11. The molecule has 21 heavy (non-hydrogen) atoms. The highest BCUT2D eigenvalue weighted by Gasteiger charge is 2.31. The third kappa shape index (κ3) is 3.72. The van der Waals surface area contributed by atoms with Gasteiger partial charge in [0.15, 0.2) is 0 Å². The van der Waals surface area contributed by atoms with Crippen molar-refractivity contribution in [2.75, 3.05) is 17.8 Å². The van der Waals surface area contributed by atoms with Crippen LogP contribution in [0.25, 0.3) is 0 Å². The number of aliphatic carboxylic acids is 1. The maximum atomic E-state index is 13.7. The molecule has 1 heterocycles. The number of anilines is 1. The van der Waals surface area contributed by atoms with E-state index < -0.39 is 27.9 Å². The van der Waals surface area contributed by atoms with E-state index in [0.29, 0.717) is 4.47 Å². The molecule has 0 amide bonds. The van der Waals surface area contributed by atoms with Crippen molar-refractivity contribution in [2.45, 2.75) is 12.8 Å². The van der Waals surface area contributed by atoms with Crippen LogP contribution in [0.3, 0.4) is 0 Å². The van der Waals surface area contributed by atoms with Gasteiger partial charge in [-0.2, -0.15) is 12.7 Å². The first kappa shape index (κ1) is 16.2. The minimum absolute atomic E-state index is 0.0956. The molecule has 0 saturated carbocycles. The van der Waals surface area contributed by atoms with Gasteiger partial charge < -0.3 is 5.11 Å². The Labute approximate surface area is 130 Å². The third-order valence-electron chi connectivity index (χ3n) is 3.34. The van der Waals surface area contributed by atoms with Crippen molar-refractivity contribution in [2.24, 2.45) is 5.92 Å². The molecule has 1 aliphatic heterocycles. The van der Waals surface area contributed by atoms with E-state index in [9.17, 15) is 17.6 Å². The summed E-state index contributed by atoms with van der Waals surface area (Å²) in [4.78, 5) is 10.9. The number of hydrogen-bond donors (Lipinski definition) is 2. The fraction of sp³-hybridized carbons (Fsp3) is 0.417. The van der Waals surface area contributed by atoms with Crippen LogP contribution in [0.15, 0.2) is 22.7 Å². The van der Waals surface area contributed by atoms with Crippen molar-refractivity contribution in [3.63, 3.8) is 0 Å². The largest absolute Gasteiger partial charge is 0.481 e. The number of carboxylic acids is 1. The predicted molar refractivity (Wildman–Crippen MR) is 78.6 cm³/mol. The molecule has 2 N–H and O–H groups in total. The van der Waals surface area contributed by atoms with Crippen molar-refractivity contribution in [1.29, 1.82) is 0 Å². The van der Waals surface area contributed by atoms with E-state index in [1.165, 1.54) is 12.1 Å². The second-order valence-electron chi connectivity index (χ2n) is 4.72. The van der Waals surface area contributed by atoms with Gasteiger partial charge in [-0.05, 0) is 40.9 Å². The van der Waals surface area contributed by atoms with Crippen LogP contribution in [-0.2, 0) is 15.0 Å². The SMILES string of the molecule is O=C(O)C1CCN(S(=O)(=O)Nc2c(F)cccc2Br)CC1. The molecule has 2 rings (SSSR count). The number of carbonyl (C=O) groups is 1. The Bertz CT molecular complexity index is 624. The molecule has 1 aliphatic rings. The molecule has 116 valence electrons. The maximum absolute atomic E-state index is 13.7. The average molecular weight is 381 g/mol.